The van der Waals surface area contributed by atoms with E-state index < -0.39 is 0 Å². The zero-order valence-corrected chi connectivity index (χ0v) is 3.83. The fourth-order valence-corrected chi connectivity index (χ4v) is 0.722. The molecule has 1 aliphatic carbocycles. The van der Waals surface area contributed by atoms with Crippen LogP contribution in [0.2, 0.25) is 0 Å². The molecule has 0 amide bonds. The Morgan fingerprint density at radius 3 is 2.00 bits per heavy atom. The number of rotatable bonds is 0. The second kappa shape index (κ2) is 0.713. The van der Waals surface area contributed by atoms with E-state index in [1.165, 1.54) is 0 Å². The van der Waals surface area contributed by atoms with Gasteiger partial charge in [-0.1, -0.05) is 12.2 Å². The normalized spacial score (nSPS) is 27.4. The third-order valence-corrected chi connectivity index (χ3v) is 1.26. The van der Waals surface area contributed by atoms with Crippen LogP contribution in [-0.4, -0.2) is 11.8 Å². The molecule has 1 spiro atoms. The second-order valence-electron chi connectivity index (χ2n) is 1.86. The van der Waals surface area contributed by atoms with Gasteiger partial charge >= 0.3 is 0 Å². The van der Waals surface area contributed by atoms with Gasteiger partial charge in [0.15, 0.2) is 0 Å². The van der Waals surface area contributed by atoms with E-state index in [4.69, 9.17) is 0 Å². The van der Waals surface area contributed by atoms with Crippen molar-refractivity contribution in [3.63, 3.8) is 0 Å². The van der Waals surface area contributed by atoms with Crippen molar-refractivity contribution in [3.8, 4) is 0 Å². The molecule has 0 N–H and O–H groups in total. The van der Waals surface area contributed by atoms with Crippen LogP contribution in [0.1, 0.15) is 0 Å². The van der Waals surface area contributed by atoms with Gasteiger partial charge in [0.2, 0.25) is 0 Å². The van der Waals surface area contributed by atoms with Gasteiger partial charge in [-0.3, -0.25) is 4.99 Å². The summed E-state index contributed by atoms with van der Waals surface area (Å²) in [6.45, 7) is 0. The summed E-state index contributed by atoms with van der Waals surface area (Å²) in [6.07, 6.45) is 10.1. The molecule has 2 aliphatic rings. The van der Waals surface area contributed by atoms with Crippen LogP contribution in [0, 0.1) is 0 Å². The van der Waals surface area contributed by atoms with E-state index in [1.807, 2.05) is 18.4 Å². The molecule has 0 unspecified atom stereocenters. The molecule has 7 heavy (non-hydrogen) atoms. The van der Waals surface area contributed by atoms with Crippen LogP contribution in [0.25, 0.3) is 0 Å². The van der Waals surface area contributed by atoms with Crippen molar-refractivity contribution in [1.29, 1.82) is 0 Å². The Morgan fingerprint density at radius 2 is 1.71 bits per heavy atom. The van der Waals surface area contributed by atoms with Gasteiger partial charge < -0.3 is 0 Å². The summed E-state index contributed by atoms with van der Waals surface area (Å²) in [5.41, 5.74) is 0.0833. The van der Waals surface area contributed by atoms with Gasteiger partial charge in [0.05, 0.1) is 0 Å². The Bertz CT molecular complexity index is 155. The number of hydrogen-bond acceptors (Lipinski definition) is 1. The van der Waals surface area contributed by atoms with Crippen LogP contribution >= 0.6 is 0 Å². The highest BCUT2D eigenvalue weighted by atomic mass is 15.0. The van der Waals surface area contributed by atoms with E-state index >= 15 is 0 Å². The predicted molar refractivity (Wildman–Crippen MR) is 29.5 cm³/mol. The Kier molecular flexibility index (Phi) is 0.325. The van der Waals surface area contributed by atoms with Crippen molar-refractivity contribution in [2.45, 2.75) is 5.54 Å². The Morgan fingerprint density at radius 1 is 1.14 bits per heavy atom. The van der Waals surface area contributed by atoms with Gasteiger partial charge in [-0.2, -0.15) is 0 Å². The van der Waals surface area contributed by atoms with Gasteiger partial charge in [-0.15, -0.1) is 0 Å². The van der Waals surface area contributed by atoms with Crippen molar-refractivity contribution in [3.05, 3.63) is 24.3 Å². The van der Waals surface area contributed by atoms with Gasteiger partial charge in [0.1, 0.15) is 5.54 Å². The van der Waals surface area contributed by atoms with Crippen molar-refractivity contribution in [2.24, 2.45) is 4.99 Å². The van der Waals surface area contributed by atoms with Gasteiger partial charge in [-0.25, -0.2) is 0 Å². The van der Waals surface area contributed by atoms with Gasteiger partial charge in [0, 0.05) is 6.21 Å². The summed E-state index contributed by atoms with van der Waals surface area (Å²) in [4.78, 5) is 4.03. The molecule has 0 bridgehead atoms. The van der Waals surface area contributed by atoms with Crippen molar-refractivity contribution in [2.75, 3.05) is 0 Å². The molecule has 0 saturated heterocycles. The first-order valence-corrected chi connectivity index (χ1v) is 2.35. The topological polar surface area (TPSA) is 12.4 Å². The maximum absolute atomic E-state index is 4.03. The molecule has 34 valence electrons. The van der Waals surface area contributed by atoms with E-state index in [2.05, 4.69) is 17.1 Å². The van der Waals surface area contributed by atoms with Crippen LogP contribution in [-0.2, 0) is 0 Å². The third-order valence-electron chi connectivity index (χ3n) is 1.26. The molecule has 0 saturated carbocycles. The molecule has 1 aliphatic heterocycles. The van der Waals surface area contributed by atoms with E-state index in [9.17, 15) is 0 Å². The van der Waals surface area contributed by atoms with Gasteiger partial charge in [-0.05, 0) is 12.2 Å². The lowest BCUT2D eigenvalue weighted by molar-refractivity contribution is 1.07. The van der Waals surface area contributed by atoms with Crippen LogP contribution in [0.15, 0.2) is 29.3 Å². The minimum Gasteiger partial charge on any atom is -0.273 e. The summed E-state index contributed by atoms with van der Waals surface area (Å²) in [6, 6.07) is 0. The van der Waals surface area contributed by atoms with Crippen molar-refractivity contribution >= 4 is 6.21 Å². The van der Waals surface area contributed by atoms with Gasteiger partial charge in [0.25, 0.3) is 0 Å². The number of nitrogens with zero attached hydrogens (tertiary/aromatic N) is 1. The number of allylic oxidation sites excluding steroid dienone is 2. The number of aliphatic imine (C=N–C) groups is 1. The fourth-order valence-electron chi connectivity index (χ4n) is 0.722. The molecule has 1 heterocycles. The molecule has 0 aromatic rings. The lowest BCUT2D eigenvalue weighted by Gasteiger charge is -1.89. The highest BCUT2D eigenvalue weighted by Crippen LogP contribution is 2.27. The second-order valence-corrected chi connectivity index (χ2v) is 1.86. The standard InChI is InChI=1S/C6H5N/c1-2-4-6(3-1)5-7-6/h1-5H. The fraction of sp³-hybridized carbons (Fsp3) is 0.167. The summed E-state index contributed by atoms with van der Waals surface area (Å²) in [7, 11) is 0. The van der Waals surface area contributed by atoms with Crippen molar-refractivity contribution in [1.82, 2.24) is 0 Å². The van der Waals surface area contributed by atoms with E-state index in [1.54, 1.807) is 0 Å². The smallest absolute Gasteiger partial charge is 0.132 e. The highest BCUT2D eigenvalue weighted by molar-refractivity contribution is 5.91. The van der Waals surface area contributed by atoms with Crippen molar-refractivity contribution < 1.29 is 0 Å². The van der Waals surface area contributed by atoms with E-state index in [0.29, 0.717) is 0 Å². The predicted octanol–water partition coefficient (Wildman–Crippen LogP) is 0.936. The van der Waals surface area contributed by atoms with E-state index in [-0.39, 0.29) is 5.54 Å². The first-order valence-electron chi connectivity index (χ1n) is 2.35. The zero-order chi connectivity index (χ0) is 4.74. The first-order chi connectivity index (χ1) is 3.41. The average Bonchev–Trinajstić information content (AvgIpc) is 2.15. The molecule has 1 heteroatoms. The number of hydrogen-bond donors (Lipinski definition) is 0. The maximum atomic E-state index is 4.03. The lowest BCUT2D eigenvalue weighted by atomic mass is 10.2. The lowest BCUT2D eigenvalue weighted by Crippen LogP contribution is -1.98. The molecular weight excluding hydrogens is 86.1 g/mol. The molecule has 0 atom stereocenters. The summed E-state index contributed by atoms with van der Waals surface area (Å²) in [5, 5.41) is 0. The zero-order valence-electron chi connectivity index (χ0n) is 3.83. The largest absolute Gasteiger partial charge is 0.273 e. The Labute approximate surface area is 42.1 Å². The monoisotopic (exact) mass is 91.0 g/mol. The molecule has 0 aromatic carbocycles. The average molecular weight is 91.1 g/mol. The highest BCUT2D eigenvalue weighted by Gasteiger charge is 2.31. The minimum absolute atomic E-state index is 0.0833. The molecule has 0 radical (unpaired) electrons. The third kappa shape index (κ3) is 0.296. The molecule has 0 aromatic heterocycles. The SMILES string of the molecule is C1=CC2(C=C1)C=N2. The minimum atomic E-state index is 0.0833. The Hall–Kier alpha value is -0.850. The van der Waals surface area contributed by atoms with Crippen LogP contribution in [0.4, 0.5) is 0 Å². The summed E-state index contributed by atoms with van der Waals surface area (Å²) in [5.74, 6) is 0. The quantitative estimate of drug-likeness (QED) is 0.420. The summed E-state index contributed by atoms with van der Waals surface area (Å²) >= 11 is 0. The molecule has 0 fully saturated rings. The van der Waals surface area contributed by atoms with E-state index in [0.717, 1.165) is 0 Å². The van der Waals surface area contributed by atoms with Crippen LogP contribution in [0.5, 0.6) is 0 Å². The summed E-state index contributed by atoms with van der Waals surface area (Å²) < 4.78 is 0. The molecule has 2 rings (SSSR count). The maximum Gasteiger partial charge on any atom is 0.132 e. The molecule has 1 nitrogen and oxygen atoms in total. The Balaban J connectivity index is 2.41. The first kappa shape index (κ1) is 3.19. The van der Waals surface area contributed by atoms with Crippen LogP contribution < -0.4 is 0 Å². The molecular formula is C6H5N. The van der Waals surface area contributed by atoms with Crippen LogP contribution in [0.3, 0.4) is 0 Å².